The fourth-order valence-corrected chi connectivity index (χ4v) is 1.67. The van der Waals surface area contributed by atoms with Crippen molar-refractivity contribution in [2.24, 2.45) is 0 Å². The molecule has 0 aliphatic rings. The van der Waals surface area contributed by atoms with Crippen LogP contribution in [-0.4, -0.2) is 9.97 Å². The molecule has 88 valence electrons. The fraction of sp³-hybridized carbons (Fsp3) is 0.231. The third kappa shape index (κ3) is 3.43. The van der Waals surface area contributed by atoms with Gasteiger partial charge in [-0.15, -0.1) is 0 Å². The van der Waals surface area contributed by atoms with Crippen LogP contribution in [0, 0.1) is 0 Å². The first-order valence-electron chi connectivity index (χ1n) is 5.58. The minimum Gasteiger partial charge on any atom is -0.366 e. The summed E-state index contributed by atoms with van der Waals surface area (Å²) in [5.74, 6) is 0.740. The number of rotatable bonds is 4. The average molecular weight is 248 g/mol. The van der Waals surface area contributed by atoms with Crippen molar-refractivity contribution in [2.45, 2.75) is 19.9 Å². The Kier molecular flexibility index (Phi) is 3.94. The van der Waals surface area contributed by atoms with Crippen LogP contribution in [0.15, 0.2) is 36.5 Å². The summed E-state index contributed by atoms with van der Waals surface area (Å²) in [6.07, 6.45) is 2.70. The highest BCUT2D eigenvalue weighted by Gasteiger charge is 1.97. The van der Waals surface area contributed by atoms with Gasteiger partial charge in [-0.05, 0) is 35.2 Å². The van der Waals surface area contributed by atoms with Crippen molar-refractivity contribution in [2.75, 3.05) is 5.32 Å². The molecule has 0 aliphatic carbocycles. The first-order valence-corrected chi connectivity index (χ1v) is 5.96. The number of aromatic nitrogens is 2. The molecule has 0 unspecified atom stereocenters. The van der Waals surface area contributed by atoms with Crippen molar-refractivity contribution in [3.8, 4) is 0 Å². The van der Waals surface area contributed by atoms with Gasteiger partial charge >= 0.3 is 0 Å². The Hall–Kier alpha value is -1.61. The van der Waals surface area contributed by atoms with Gasteiger partial charge in [0.2, 0.25) is 5.28 Å². The maximum absolute atomic E-state index is 5.70. The van der Waals surface area contributed by atoms with Crippen LogP contribution < -0.4 is 5.32 Å². The van der Waals surface area contributed by atoms with Gasteiger partial charge in [-0.3, -0.25) is 0 Å². The Morgan fingerprint density at radius 1 is 1.12 bits per heavy atom. The zero-order chi connectivity index (χ0) is 12.1. The molecule has 0 amide bonds. The predicted octanol–water partition coefficient (Wildman–Crippen LogP) is 3.30. The van der Waals surface area contributed by atoms with Gasteiger partial charge in [0.25, 0.3) is 0 Å². The maximum Gasteiger partial charge on any atom is 0.224 e. The van der Waals surface area contributed by atoms with Crippen LogP contribution in [0.4, 0.5) is 5.82 Å². The largest absolute Gasteiger partial charge is 0.366 e. The molecular weight excluding hydrogens is 234 g/mol. The molecule has 0 saturated heterocycles. The van der Waals surface area contributed by atoms with Crippen LogP contribution in [0.5, 0.6) is 0 Å². The number of halogens is 1. The predicted molar refractivity (Wildman–Crippen MR) is 70.2 cm³/mol. The monoisotopic (exact) mass is 247 g/mol. The second kappa shape index (κ2) is 5.64. The molecule has 17 heavy (non-hydrogen) atoms. The van der Waals surface area contributed by atoms with E-state index >= 15 is 0 Å². The lowest BCUT2D eigenvalue weighted by Crippen LogP contribution is -2.01. The van der Waals surface area contributed by atoms with Gasteiger partial charge in [0.1, 0.15) is 5.82 Å². The second-order valence-corrected chi connectivity index (χ2v) is 4.07. The Morgan fingerprint density at radius 3 is 2.47 bits per heavy atom. The number of hydrogen-bond donors (Lipinski definition) is 1. The molecule has 4 heteroatoms. The van der Waals surface area contributed by atoms with Crippen molar-refractivity contribution < 1.29 is 0 Å². The molecule has 0 radical (unpaired) electrons. The van der Waals surface area contributed by atoms with Gasteiger partial charge in [0, 0.05) is 12.7 Å². The summed E-state index contributed by atoms with van der Waals surface area (Å²) in [5.41, 5.74) is 2.57. The number of nitrogens with one attached hydrogen (secondary N) is 1. The lowest BCUT2D eigenvalue weighted by Gasteiger charge is -2.06. The zero-order valence-corrected chi connectivity index (χ0v) is 10.4. The van der Waals surface area contributed by atoms with Crippen molar-refractivity contribution in [1.29, 1.82) is 0 Å². The number of anilines is 1. The van der Waals surface area contributed by atoms with Crippen LogP contribution in [0.1, 0.15) is 18.1 Å². The maximum atomic E-state index is 5.70. The topological polar surface area (TPSA) is 37.8 Å². The first-order chi connectivity index (χ1) is 8.28. The van der Waals surface area contributed by atoms with E-state index in [4.69, 9.17) is 11.6 Å². The third-order valence-corrected chi connectivity index (χ3v) is 2.71. The van der Waals surface area contributed by atoms with E-state index in [1.54, 1.807) is 12.3 Å². The van der Waals surface area contributed by atoms with E-state index in [1.807, 2.05) is 0 Å². The first kappa shape index (κ1) is 11.9. The molecule has 0 saturated carbocycles. The number of aryl methyl sites for hydroxylation is 1. The average Bonchev–Trinajstić information content (AvgIpc) is 2.37. The van der Waals surface area contributed by atoms with E-state index in [2.05, 4.69) is 46.5 Å². The molecule has 3 nitrogen and oxygen atoms in total. The zero-order valence-electron chi connectivity index (χ0n) is 9.65. The highest BCUT2D eigenvalue weighted by atomic mass is 35.5. The van der Waals surface area contributed by atoms with Crippen molar-refractivity contribution in [1.82, 2.24) is 9.97 Å². The lowest BCUT2D eigenvalue weighted by molar-refractivity contribution is 1.07. The number of benzene rings is 1. The molecule has 1 aromatic carbocycles. The van der Waals surface area contributed by atoms with E-state index in [9.17, 15) is 0 Å². The Balaban J connectivity index is 1.97. The van der Waals surface area contributed by atoms with Crippen LogP contribution in [0.25, 0.3) is 0 Å². The number of hydrogen-bond acceptors (Lipinski definition) is 3. The summed E-state index contributed by atoms with van der Waals surface area (Å²) >= 11 is 5.70. The van der Waals surface area contributed by atoms with Gasteiger partial charge in [-0.25, -0.2) is 9.97 Å². The van der Waals surface area contributed by atoms with Crippen LogP contribution in [-0.2, 0) is 13.0 Å². The van der Waals surface area contributed by atoms with Crippen LogP contribution >= 0.6 is 11.6 Å². The van der Waals surface area contributed by atoms with E-state index in [-0.39, 0.29) is 5.28 Å². The van der Waals surface area contributed by atoms with Gasteiger partial charge in [0.15, 0.2) is 0 Å². The van der Waals surface area contributed by atoms with Gasteiger partial charge < -0.3 is 5.32 Å². The molecular formula is C13H14ClN3. The smallest absolute Gasteiger partial charge is 0.224 e. The molecule has 2 aromatic rings. The van der Waals surface area contributed by atoms with Crippen molar-refractivity contribution in [3.63, 3.8) is 0 Å². The molecule has 1 heterocycles. The van der Waals surface area contributed by atoms with E-state index in [1.165, 1.54) is 11.1 Å². The number of nitrogens with zero attached hydrogens (tertiary/aromatic N) is 2. The van der Waals surface area contributed by atoms with E-state index in [0.29, 0.717) is 0 Å². The van der Waals surface area contributed by atoms with E-state index < -0.39 is 0 Å². The standard InChI is InChI=1S/C13H14ClN3/c1-2-10-3-5-11(6-4-10)9-16-12-7-8-15-13(14)17-12/h3-8H,2,9H2,1H3,(H,15,16,17). The van der Waals surface area contributed by atoms with Gasteiger partial charge in [0.05, 0.1) is 0 Å². The van der Waals surface area contributed by atoms with Gasteiger partial charge in [-0.2, -0.15) is 0 Å². The molecule has 0 bridgehead atoms. The minimum absolute atomic E-state index is 0.260. The van der Waals surface area contributed by atoms with Crippen LogP contribution in [0.2, 0.25) is 5.28 Å². The molecule has 0 fully saturated rings. The Bertz CT molecular complexity index is 482. The van der Waals surface area contributed by atoms with Crippen molar-refractivity contribution in [3.05, 3.63) is 52.9 Å². The van der Waals surface area contributed by atoms with E-state index in [0.717, 1.165) is 18.8 Å². The summed E-state index contributed by atoms with van der Waals surface area (Å²) < 4.78 is 0. The Morgan fingerprint density at radius 2 is 1.82 bits per heavy atom. The van der Waals surface area contributed by atoms with Crippen LogP contribution in [0.3, 0.4) is 0 Å². The summed E-state index contributed by atoms with van der Waals surface area (Å²) in [5, 5.41) is 3.46. The highest BCUT2D eigenvalue weighted by molar-refractivity contribution is 6.28. The third-order valence-electron chi connectivity index (χ3n) is 2.53. The summed E-state index contributed by atoms with van der Waals surface area (Å²) in [6, 6.07) is 10.3. The molecule has 0 spiro atoms. The molecule has 0 aliphatic heterocycles. The second-order valence-electron chi connectivity index (χ2n) is 3.73. The normalized spacial score (nSPS) is 10.2. The molecule has 1 aromatic heterocycles. The van der Waals surface area contributed by atoms with Gasteiger partial charge in [-0.1, -0.05) is 31.2 Å². The minimum atomic E-state index is 0.260. The molecule has 0 atom stereocenters. The SMILES string of the molecule is CCc1ccc(CNc2ccnc(Cl)n2)cc1. The summed E-state index contributed by atoms with van der Waals surface area (Å²) in [4.78, 5) is 7.90. The lowest BCUT2D eigenvalue weighted by atomic mass is 10.1. The Labute approximate surface area is 106 Å². The molecule has 1 N–H and O–H groups in total. The summed E-state index contributed by atoms with van der Waals surface area (Å²) in [6.45, 7) is 2.88. The fourth-order valence-electron chi connectivity index (χ4n) is 1.52. The van der Waals surface area contributed by atoms with Crippen molar-refractivity contribution >= 4 is 17.4 Å². The summed E-state index contributed by atoms with van der Waals surface area (Å²) in [7, 11) is 0. The quantitative estimate of drug-likeness (QED) is 0.843. The highest BCUT2D eigenvalue weighted by Crippen LogP contribution is 2.09. The molecule has 2 rings (SSSR count).